The molecule has 0 N–H and O–H groups in total. The highest BCUT2D eigenvalue weighted by atomic mass is 14.2. The van der Waals surface area contributed by atoms with E-state index in [1.807, 2.05) is 6.08 Å². The van der Waals surface area contributed by atoms with Gasteiger partial charge in [-0.05, 0) is 23.1 Å². The summed E-state index contributed by atoms with van der Waals surface area (Å²) in [5, 5.41) is 0. The molecule has 0 aliphatic carbocycles. The fraction of sp³-hybridized carbons (Fsp3) is 0.286. The summed E-state index contributed by atoms with van der Waals surface area (Å²) in [5.41, 5.74) is 2.63. The maximum Gasteiger partial charge on any atom is 0.133 e. The average Bonchev–Trinajstić information content (AvgIpc) is 2.14. The summed E-state index contributed by atoms with van der Waals surface area (Å²) < 4.78 is 0. The summed E-state index contributed by atoms with van der Waals surface area (Å²) in [7, 11) is 0. The number of terminal acetylenes is 1. The molecule has 0 saturated carbocycles. The topological polar surface area (TPSA) is 0 Å². The van der Waals surface area contributed by atoms with Crippen LogP contribution >= 0.6 is 0 Å². The van der Waals surface area contributed by atoms with Crippen molar-refractivity contribution in [3.8, 4) is 12.3 Å². The first-order valence-electron chi connectivity index (χ1n) is 4.69. The van der Waals surface area contributed by atoms with Crippen LogP contribution in [-0.4, -0.2) is 0 Å². The minimum absolute atomic E-state index is 0.206. The van der Waals surface area contributed by atoms with E-state index in [2.05, 4.69) is 57.0 Å². The van der Waals surface area contributed by atoms with E-state index in [1.54, 1.807) is 0 Å². The lowest BCUT2D eigenvalue weighted by molar-refractivity contribution is 0.590. The monoisotopic (exact) mass is 183 g/mol. The fourth-order valence-electron chi connectivity index (χ4n) is 1.20. The molecule has 0 fully saturated rings. The molecule has 0 saturated heterocycles. The number of allylic oxidation sites excluding steroid dienone is 1. The third kappa shape index (κ3) is 2.73. The zero-order chi connectivity index (χ0) is 10.6. The van der Waals surface area contributed by atoms with Crippen molar-refractivity contribution in [1.29, 1.82) is 0 Å². The largest absolute Gasteiger partial charge is 0.133 e. The van der Waals surface area contributed by atoms with Gasteiger partial charge in [-0.15, -0.1) is 0 Å². The van der Waals surface area contributed by atoms with E-state index >= 15 is 0 Å². The summed E-state index contributed by atoms with van der Waals surface area (Å²) in [4.78, 5) is 0. The normalized spacial score (nSPS) is 11.0. The van der Waals surface area contributed by atoms with Crippen molar-refractivity contribution in [2.45, 2.75) is 26.2 Å². The number of rotatable bonds is 1. The van der Waals surface area contributed by atoms with Gasteiger partial charge in [0.25, 0.3) is 0 Å². The van der Waals surface area contributed by atoms with Crippen molar-refractivity contribution in [3.05, 3.63) is 41.5 Å². The van der Waals surface area contributed by atoms with Gasteiger partial charge < -0.3 is 0 Å². The molecule has 0 bridgehead atoms. The standard InChI is InChI=1S/C14H15/c1-5-6-7-12-8-10-13(11-9-12)14(2,3)4/h1,7-11H,2-4H3/q+1. The smallest absolute Gasteiger partial charge is 0.0561 e. The van der Waals surface area contributed by atoms with Gasteiger partial charge in [-0.25, -0.2) is 0 Å². The SMILES string of the molecule is C#C[C+]=Cc1ccc(C(C)(C)C)cc1. The van der Waals surface area contributed by atoms with Gasteiger partial charge in [-0.3, -0.25) is 0 Å². The van der Waals surface area contributed by atoms with Gasteiger partial charge >= 0.3 is 0 Å². The molecular weight excluding hydrogens is 168 g/mol. The van der Waals surface area contributed by atoms with E-state index in [1.165, 1.54) is 5.56 Å². The van der Waals surface area contributed by atoms with Crippen molar-refractivity contribution in [2.75, 3.05) is 0 Å². The van der Waals surface area contributed by atoms with E-state index in [0.29, 0.717) is 0 Å². The second kappa shape index (κ2) is 4.09. The molecular formula is C14H15+. The molecule has 70 valence electrons. The second-order valence-corrected chi connectivity index (χ2v) is 4.31. The van der Waals surface area contributed by atoms with E-state index in [-0.39, 0.29) is 5.41 Å². The molecule has 1 aromatic carbocycles. The summed E-state index contributed by atoms with van der Waals surface area (Å²) in [6.07, 6.45) is 9.62. The molecule has 0 nitrogen and oxygen atoms in total. The maximum atomic E-state index is 5.08. The minimum atomic E-state index is 0.206. The van der Waals surface area contributed by atoms with E-state index in [4.69, 9.17) is 6.42 Å². The average molecular weight is 183 g/mol. The lowest BCUT2D eigenvalue weighted by Crippen LogP contribution is -2.10. The molecule has 0 aromatic heterocycles. The Balaban J connectivity index is 2.91. The van der Waals surface area contributed by atoms with Gasteiger partial charge in [0.05, 0.1) is 5.56 Å². The maximum absolute atomic E-state index is 5.08. The number of hydrogen-bond donors (Lipinski definition) is 0. The Morgan fingerprint density at radius 1 is 1.21 bits per heavy atom. The van der Waals surface area contributed by atoms with Crippen molar-refractivity contribution >= 4 is 6.08 Å². The molecule has 1 aromatic rings. The molecule has 0 heteroatoms. The second-order valence-electron chi connectivity index (χ2n) is 4.31. The quantitative estimate of drug-likeness (QED) is 0.462. The van der Waals surface area contributed by atoms with Crippen LogP contribution in [0.1, 0.15) is 31.9 Å². The van der Waals surface area contributed by atoms with Crippen LogP contribution in [0, 0.1) is 18.4 Å². The van der Waals surface area contributed by atoms with Gasteiger partial charge in [0.2, 0.25) is 0 Å². The van der Waals surface area contributed by atoms with Crippen molar-refractivity contribution in [1.82, 2.24) is 0 Å². The third-order valence-corrected chi connectivity index (χ3v) is 2.10. The highest BCUT2D eigenvalue weighted by molar-refractivity contribution is 5.50. The highest BCUT2D eigenvalue weighted by Crippen LogP contribution is 2.22. The van der Waals surface area contributed by atoms with Gasteiger partial charge in [0.1, 0.15) is 18.1 Å². The molecule has 0 amide bonds. The highest BCUT2D eigenvalue weighted by Gasteiger charge is 2.12. The van der Waals surface area contributed by atoms with Crippen LogP contribution in [0.2, 0.25) is 0 Å². The molecule has 0 radical (unpaired) electrons. The Kier molecular flexibility index (Phi) is 3.07. The minimum Gasteiger partial charge on any atom is -0.0561 e. The van der Waals surface area contributed by atoms with Gasteiger partial charge in [0.15, 0.2) is 0 Å². The van der Waals surface area contributed by atoms with Crippen molar-refractivity contribution in [2.24, 2.45) is 0 Å². The van der Waals surface area contributed by atoms with Crippen LogP contribution in [0.15, 0.2) is 24.3 Å². The zero-order valence-corrected chi connectivity index (χ0v) is 8.96. The van der Waals surface area contributed by atoms with E-state index < -0.39 is 0 Å². The summed E-state index contributed by atoms with van der Waals surface area (Å²) in [5.74, 6) is 2.36. The summed E-state index contributed by atoms with van der Waals surface area (Å²) >= 11 is 0. The molecule has 0 spiro atoms. The molecule has 0 aliphatic heterocycles. The molecule has 0 heterocycles. The number of hydrogen-bond acceptors (Lipinski definition) is 0. The van der Waals surface area contributed by atoms with E-state index in [9.17, 15) is 0 Å². The van der Waals surface area contributed by atoms with Crippen LogP contribution in [0.4, 0.5) is 0 Å². The Morgan fingerprint density at radius 3 is 2.21 bits per heavy atom. The van der Waals surface area contributed by atoms with Gasteiger partial charge in [-0.1, -0.05) is 20.8 Å². The zero-order valence-electron chi connectivity index (χ0n) is 8.96. The summed E-state index contributed by atoms with van der Waals surface area (Å²) in [6, 6.07) is 8.38. The van der Waals surface area contributed by atoms with Gasteiger partial charge in [0, 0.05) is 18.6 Å². The first-order valence-corrected chi connectivity index (χ1v) is 4.69. The van der Waals surface area contributed by atoms with E-state index in [0.717, 1.165) is 5.56 Å². The van der Waals surface area contributed by atoms with Crippen LogP contribution in [0.5, 0.6) is 0 Å². The molecule has 1 rings (SSSR count). The third-order valence-electron chi connectivity index (χ3n) is 2.10. The molecule has 14 heavy (non-hydrogen) atoms. The van der Waals surface area contributed by atoms with Crippen molar-refractivity contribution < 1.29 is 0 Å². The van der Waals surface area contributed by atoms with Crippen molar-refractivity contribution in [3.63, 3.8) is 0 Å². The predicted octanol–water partition coefficient (Wildman–Crippen LogP) is 3.43. The molecule has 0 atom stereocenters. The lowest BCUT2D eigenvalue weighted by atomic mass is 9.87. The van der Waals surface area contributed by atoms with Crippen LogP contribution in [0.3, 0.4) is 0 Å². The first kappa shape index (κ1) is 10.5. The predicted molar refractivity (Wildman–Crippen MR) is 61.7 cm³/mol. The fourth-order valence-corrected chi connectivity index (χ4v) is 1.20. The Hall–Kier alpha value is -1.57. The van der Waals surface area contributed by atoms with Crippen LogP contribution in [-0.2, 0) is 5.41 Å². The lowest BCUT2D eigenvalue weighted by Gasteiger charge is -2.18. The Bertz CT molecular complexity index is 353. The Morgan fingerprint density at radius 2 is 1.79 bits per heavy atom. The Labute approximate surface area is 86.7 Å². The van der Waals surface area contributed by atoms with Crippen LogP contribution < -0.4 is 0 Å². The summed E-state index contributed by atoms with van der Waals surface area (Å²) in [6.45, 7) is 6.60. The number of benzene rings is 1. The van der Waals surface area contributed by atoms with Crippen LogP contribution in [0.25, 0.3) is 6.08 Å². The molecule has 0 aliphatic rings. The first-order chi connectivity index (χ1) is 6.54. The van der Waals surface area contributed by atoms with Gasteiger partial charge in [-0.2, -0.15) is 0 Å². The molecule has 0 unspecified atom stereocenters.